The van der Waals surface area contributed by atoms with Gasteiger partial charge >= 0.3 is 0 Å². The number of nitrogens with zero attached hydrogens (tertiary/aromatic N) is 3. The van der Waals surface area contributed by atoms with Crippen LogP contribution in [0.25, 0.3) is 10.9 Å². The third-order valence-electron chi connectivity index (χ3n) is 6.53. The Labute approximate surface area is 201 Å². The van der Waals surface area contributed by atoms with E-state index < -0.39 is 29.7 Å². The average molecular weight is 483 g/mol. The van der Waals surface area contributed by atoms with Crippen LogP contribution in [0.15, 0.2) is 36.5 Å². The van der Waals surface area contributed by atoms with Crippen molar-refractivity contribution in [2.24, 2.45) is 7.05 Å². The molecule has 2 aliphatic heterocycles. The molecule has 2 aromatic carbocycles. The van der Waals surface area contributed by atoms with Gasteiger partial charge in [0.1, 0.15) is 19.3 Å². The van der Waals surface area contributed by atoms with E-state index in [4.69, 9.17) is 9.47 Å². The fourth-order valence-electron chi connectivity index (χ4n) is 4.65. The number of carbonyl (C=O) groups excluding carboxylic acids is 2. The van der Waals surface area contributed by atoms with E-state index in [1.54, 1.807) is 36.1 Å². The first-order valence-corrected chi connectivity index (χ1v) is 11.7. The third kappa shape index (κ3) is 4.71. The van der Waals surface area contributed by atoms with Crippen LogP contribution in [-0.4, -0.2) is 70.4 Å². The molecule has 1 fully saturated rings. The Kier molecular flexibility index (Phi) is 6.40. The quantitative estimate of drug-likeness (QED) is 0.392. The highest BCUT2D eigenvalue weighted by atomic mass is 19.1. The summed E-state index contributed by atoms with van der Waals surface area (Å²) < 4.78 is 27.1. The second kappa shape index (κ2) is 9.63. The molecule has 5 rings (SSSR count). The molecule has 35 heavy (non-hydrogen) atoms. The number of amides is 1. The molecule has 1 saturated heterocycles. The van der Waals surface area contributed by atoms with Crippen LogP contribution in [0.3, 0.4) is 0 Å². The topological polar surface area (TPSA) is 106 Å². The normalized spacial score (nSPS) is 17.3. The van der Waals surface area contributed by atoms with Crippen molar-refractivity contribution >= 4 is 22.6 Å². The predicted octanol–water partition coefficient (Wildman–Crippen LogP) is 1.98. The number of carbonyl (C=O) groups is 2. The molecule has 0 spiro atoms. The van der Waals surface area contributed by atoms with E-state index in [1.165, 1.54) is 12.1 Å². The SMILES string of the molecule is Cn1ncc2ccc(C(=O)C(=O)NC(CN3CCCC3)C(O)c3cc(F)c4c(c3)OCCO4)cc21. The molecule has 10 heteroatoms. The van der Waals surface area contributed by atoms with E-state index in [2.05, 4.69) is 15.3 Å². The molecule has 2 N–H and O–H groups in total. The minimum Gasteiger partial charge on any atom is -0.486 e. The summed E-state index contributed by atoms with van der Waals surface area (Å²) in [5, 5.41) is 18.9. The van der Waals surface area contributed by atoms with E-state index in [0.717, 1.165) is 36.8 Å². The number of fused-ring (bicyclic) bond motifs is 2. The number of ether oxygens (including phenoxy) is 2. The Hall–Kier alpha value is -3.50. The average Bonchev–Trinajstić information content (AvgIpc) is 3.52. The second-order valence-corrected chi connectivity index (χ2v) is 8.93. The smallest absolute Gasteiger partial charge is 0.292 e. The summed E-state index contributed by atoms with van der Waals surface area (Å²) in [5.41, 5.74) is 1.18. The fourth-order valence-corrected chi connectivity index (χ4v) is 4.65. The lowest BCUT2D eigenvalue weighted by molar-refractivity contribution is -0.118. The number of hydrogen-bond acceptors (Lipinski definition) is 7. The van der Waals surface area contributed by atoms with Crippen LogP contribution in [0, 0.1) is 5.82 Å². The first-order chi connectivity index (χ1) is 16.9. The molecule has 0 radical (unpaired) electrons. The second-order valence-electron chi connectivity index (χ2n) is 8.93. The Morgan fingerprint density at radius 2 is 1.94 bits per heavy atom. The van der Waals surface area contributed by atoms with Gasteiger partial charge in [-0.05, 0) is 49.7 Å². The summed E-state index contributed by atoms with van der Waals surface area (Å²) in [5.74, 6) is -2.00. The Bertz CT molecular complexity index is 1270. The molecule has 0 bridgehead atoms. The van der Waals surface area contributed by atoms with Crippen molar-refractivity contribution < 1.29 is 28.6 Å². The van der Waals surface area contributed by atoms with Crippen molar-refractivity contribution in [2.45, 2.75) is 25.0 Å². The summed E-state index contributed by atoms with van der Waals surface area (Å²) >= 11 is 0. The Morgan fingerprint density at radius 3 is 2.74 bits per heavy atom. The minimum atomic E-state index is -1.27. The van der Waals surface area contributed by atoms with E-state index >= 15 is 0 Å². The molecule has 2 unspecified atom stereocenters. The highest BCUT2D eigenvalue weighted by Gasteiger charge is 2.31. The van der Waals surface area contributed by atoms with Crippen LogP contribution < -0.4 is 14.8 Å². The van der Waals surface area contributed by atoms with Gasteiger partial charge < -0.3 is 24.8 Å². The molecule has 2 atom stereocenters. The van der Waals surface area contributed by atoms with Crippen LogP contribution in [0.4, 0.5) is 4.39 Å². The van der Waals surface area contributed by atoms with Gasteiger partial charge in [0, 0.05) is 24.5 Å². The highest BCUT2D eigenvalue weighted by Crippen LogP contribution is 2.36. The third-order valence-corrected chi connectivity index (χ3v) is 6.53. The van der Waals surface area contributed by atoms with Gasteiger partial charge in [-0.15, -0.1) is 0 Å². The number of rotatable bonds is 7. The molecule has 0 saturated carbocycles. The molecule has 3 heterocycles. The molecule has 9 nitrogen and oxygen atoms in total. The number of hydrogen-bond donors (Lipinski definition) is 2. The van der Waals surface area contributed by atoms with Gasteiger partial charge in [-0.2, -0.15) is 5.10 Å². The zero-order valence-corrected chi connectivity index (χ0v) is 19.4. The van der Waals surface area contributed by atoms with E-state index in [-0.39, 0.29) is 35.8 Å². The number of likely N-dealkylation sites (tertiary alicyclic amines) is 1. The zero-order chi connectivity index (χ0) is 24.5. The fraction of sp³-hybridized carbons (Fsp3) is 0.400. The van der Waals surface area contributed by atoms with Crippen LogP contribution in [0.5, 0.6) is 11.5 Å². The summed E-state index contributed by atoms with van der Waals surface area (Å²) in [7, 11) is 1.76. The predicted molar refractivity (Wildman–Crippen MR) is 125 cm³/mol. The van der Waals surface area contributed by atoms with E-state index in [1.807, 2.05) is 0 Å². The first kappa shape index (κ1) is 23.3. The lowest BCUT2D eigenvalue weighted by atomic mass is 9.99. The number of aliphatic hydroxyl groups excluding tert-OH is 1. The van der Waals surface area contributed by atoms with Crippen LogP contribution in [0.2, 0.25) is 0 Å². The van der Waals surface area contributed by atoms with E-state index in [0.29, 0.717) is 6.54 Å². The summed E-state index contributed by atoms with van der Waals surface area (Å²) in [4.78, 5) is 28.1. The molecule has 3 aromatic rings. The molecular formula is C25H27FN4O5. The highest BCUT2D eigenvalue weighted by molar-refractivity contribution is 6.43. The zero-order valence-electron chi connectivity index (χ0n) is 19.4. The maximum atomic E-state index is 14.6. The lowest BCUT2D eigenvalue weighted by Gasteiger charge is -2.29. The maximum Gasteiger partial charge on any atom is 0.292 e. The number of Topliss-reactive ketones (excluding diaryl/α,β-unsaturated/α-hetero) is 1. The maximum absolute atomic E-state index is 14.6. The number of ketones is 1. The number of halogens is 1. The number of aromatic nitrogens is 2. The van der Waals surface area contributed by atoms with Gasteiger partial charge in [0.25, 0.3) is 5.91 Å². The molecular weight excluding hydrogens is 455 g/mol. The van der Waals surface area contributed by atoms with Gasteiger partial charge in [0.05, 0.1) is 17.8 Å². The van der Waals surface area contributed by atoms with Crippen LogP contribution >= 0.6 is 0 Å². The van der Waals surface area contributed by atoms with Gasteiger partial charge in [-0.25, -0.2) is 4.39 Å². The Balaban J connectivity index is 1.39. The largest absolute Gasteiger partial charge is 0.486 e. The van der Waals surface area contributed by atoms with Crippen molar-refractivity contribution in [3.63, 3.8) is 0 Å². The standard InChI is InChI=1S/C25H27FN4O5/c1-29-20-11-15(4-5-16(20)13-27-29)23(32)25(33)28-19(14-30-6-2-3-7-30)22(31)17-10-18(26)24-21(12-17)34-8-9-35-24/h4-5,10-13,19,22,31H,2-3,6-9,14H2,1H3,(H,28,33). The first-order valence-electron chi connectivity index (χ1n) is 11.7. The van der Waals surface area contributed by atoms with Gasteiger partial charge in [0.2, 0.25) is 5.78 Å². The number of aryl methyl sites for hydroxylation is 1. The summed E-state index contributed by atoms with van der Waals surface area (Å²) in [6.45, 7) is 2.47. The summed E-state index contributed by atoms with van der Waals surface area (Å²) in [6, 6.07) is 6.78. The molecule has 0 aliphatic carbocycles. The van der Waals surface area contributed by atoms with Crippen LogP contribution in [0.1, 0.15) is 34.9 Å². The number of benzene rings is 2. The molecule has 1 amide bonds. The number of aliphatic hydroxyl groups is 1. The molecule has 2 aliphatic rings. The van der Waals surface area contributed by atoms with Gasteiger partial charge in [0.15, 0.2) is 17.3 Å². The van der Waals surface area contributed by atoms with Crippen molar-refractivity contribution in [3.05, 3.63) is 53.5 Å². The van der Waals surface area contributed by atoms with Crippen molar-refractivity contribution in [1.82, 2.24) is 20.0 Å². The van der Waals surface area contributed by atoms with Gasteiger partial charge in [-0.1, -0.05) is 12.1 Å². The van der Waals surface area contributed by atoms with Crippen molar-refractivity contribution in [3.8, 4) is 11.5 Å². The minimum absolute atomic E-state index is 0.00747. The Morgan fingerprint density at radius 1 is 1.17 bits per heavy atom. The van der Waals surface area contributed by atoms with Crippen molar-refractivity contribution in [2.75, 3.05) is 32.8 Å². The monoisotopic (exact) mass is 482 g/mol. The van der Waals surface area contributed by atoms with Crippen LogP contribution in [-0.2, 0) is 11.8 Å². The number of nitrogens with one attached hydrogen (secondary N) is 1. The van der Waals surface area contributed by atoms with Crippen molar-refractivity contribution in [1.29, 1.82) is 0 Å². The van der Waals surface area contributed by atoms with E-state index in [9.17, 15) is 19.1 Å². The lowest BCUT2D eigenvalue weighted by Crippen LogP contribution is -2.48. The molecule has 184 valence electrons. The molecule has 1 aromatic heterocycles. The summed E-state index contributed by atoms with van der Waals surface area (Å²) in [6.07, 6.45) is 2.44. The van der Waals surface area contributed by atoms with Gasteiger partial charge in [-0.3, -0.25) is 14.3 Å².